The molecular formula is C14H23NO4. The fourth-order valence-corrected chi connectivity index (χ4v) is 1.95. The highest BCUT2D eigenvalue weighted by Gasteiger charge is 2.22. The van der Waals surface area contributed by atoms with Crippen LogP contribution in [0.5, 0.6) is 0 Å². The van der Waals surface area contributed by atoms with Gasteiger partial charge in [0.1, 0.15) is 12.8 Å². The monoisotopic (exact) mass is 269 g/mol. The van der Waals surface area contributed by atoms with Crippen LogP contribution in [0.15, 0.2) is 12.2 Å². The molecule has 0 radical (unpaired) electrons. The number of amides is 1. The summed E-state index contributed by atoms with van der Waals surface area (Å²) in [5, 5.41) is 0. The summed E-state index contributed by atoms with van der Waals surface area (Å²) in [6.07, 6.45) is 3.39. The van der Waals surface area contributed by atoms with E-state index in [0.717, 1.165) is 25.8 Å². The molecule has 1 amide bonds. The highest BCUT2D eigenvalue weighted by molar-refractivity contribution is 5.86. The topological polar surface area (TPSA) is 55.8 Å². The summed E-state index contributed by atoms with van der Waals surface area (Å²) >= 11 is 0. The van der Waals surface area contributed by atoms with Gasteiger partial charge in [-0.1, -0.05) is 13.0 Å². The van der Waals surface area contributed by atoms with E-state index in [0.29, 0.717) is 12.0 Å². The van der Waals surface area contributed by atoms with E-state index in [-0.39, 0.29) is 25.3 Å². The van der Waals surface area contributed by atoms with E-state index < -0.39 is 5.97 Å². The molecule has 19 heavy (non-hydrogen) atoms. The number of rotatable bonds is 6. The molecule has 1 rings (SSSR count). The number of carbonyl (C=O) groups is 2. The molecule has 1 heterocycles. The molecule has 5 heteroatoms. The average molecular weight is 269 g/mol. The molecule has 1 unspecified atom stereocenters. The first-order valence-corrected chi connectivity index (χ1v) is 6.76. The Morgan fingerprint density at radius 1 is 1.37 bits per heavy atom. The first-order valence-electron chi connectivity index (χ1n) is 6.76. The molecule has 1 aliphatic heterocycles. The third-order valence-corrected chi connectivity index (χ3v) is 3.07. The van der Waals surface area contributed by atoms with Crippen LogP contribution >= 0.6 is 0 Å². The summed E-state index contributed by atoms with van der Waals surface area (Å²) in [6, 6.07) is 0. The lowest BCUT2D eigenvalue weighted by atomic mass is 10.2. The van der Waals surface area contributed by atoms with E-state index in [4.69, 9.17) is 9.47 Å². The van der Waals surface area contributed by atoms with Crippen LogP contribution in [0, 0.1) is 0 Å². The molecule has 0 aromatic rings. The highest BCUT2D eigenvalue weighted by Crippen LogP contribution is 2.14. The lowest BCUT2D eigenvalue weighted by Gasteiger charge is -2.27. The predicted octanol–water partition coefficient (Wildman–Crippen LogP) is 1.87. The van der Waals surface area contributed by atoms with Crippen molar-refractivity contribution >= 4 is 11.9 Å². The van der Waals surface area contributed by atoms with Crippen LogP contribution in [0.3, 0.4) is 0 Å². The van der Waals surface area contributed by atoms with Gasteiger partial charge in [0.05, 0.1) is 6.61 Å². The van der Waals surface area contributed by atoms with Crippen LogP contribution in [-0.4, -0.2) is 42.8 Å². The summed E-state index contributed by atoms with van der Waals surface area (Å²) in [5.41, 5.74) is 0.371. The van der Waals surface area contributed by atoms with Crippen molar-refractivity contribution in [3.8, 4) is 0 Å². The fraction of sp³-hybridized carbons (Fsp3) is 0.714. The summed E-state index contributed by atoms with van der Waals surface area (Å²) in [4.78, 5) is 24.7. The van der Waals surface area contributed by atoms with Crippen LogP contribution in [-0.2, 0) is 19.1 Å². The molecule has 0 spiro atoms. The molecule has 0 bridgehead atoms. The number of esters is 1. The van der Waals surface area contributed by atoms with Crippen molar-refractivity contribution in [3.05, 3.63) is 12.2 Å². The minimum absolute atomic E-state index is 0.143. The van der Waals surface area contributed by atoms with Gasteiger partial charge >= 0.3 is 5.97 Å². The van der Waals surface area contributed by atoms with Gasteiger partial charge in [-0.15, -0.1) is 0 Å². The highest BCUT2D eigenvalue weighted by atomic mass is 16.6. The maximum Gasteiger partial charge on any atom is 0.333 e. The minimum Gasteiger partial charge on any atom is -0.460 e. The van der Waals surface area contributed by atoms with Crippen LogP contribution < -0.4 is 0 Å². The summed E-state index contributed by atoms with van der Waals surface area (Å²) in [7, 11) is 0. The van der Waals surface area contributed by atoms with Crippen molar-refractivity contribution < 1.29 is 19.1 Å². The fourth-order valence-electron chi connectivity index (χ4n) is 1.95. The van der Waals surface area contributed by atoms with Gasteiger partial charge in [0.2, 0.25) is 5.91 Å². The number of hydrogen-bond donors (Lipinski definition) is 0. The zero-order chi connectivity index (χ0) is 14.3. The molecule has 0 aliphatic carbocycles. The van der Waals surface area contributed by atoms with Crippen molar-refractivity contribution in [1.29, 1.82) is 0 Å². The molecule has 108 valence electrons. The Balaban J connectivity index is 2.26. The maximum absolute atomic E-state index is 11.8. The Morgan fingerprint density at radius 2 is 2.11 bits per heavy atom. The molecule has 5 nitrogen and oxygen atoms in total. The lowest BCUT2D eigenvalue weighted by molar-refractivity contribution is -0.150. The molecule has 1 atom stereocenters. The van der Waals surface area contributed by atoms with Crippen LogP contribution in [0.1, 0.15) is 39.5 Å². The molecule has 1 fully saturated rings. The summed E-state index contributed by atoms with van der Waals surface area (Å²) in [6.45, 7) is 8.15. The van der Waals surface area contributed by atoms with E-state index in [1.807, 2.05) is 6.92 Å². The van der Waals surface area contributed by atoms with Crippen molar-refractivity contribution in [2.24, 2.45) is 0 Å². The summed E-state index contributed by atoms with van der Waals surface area (Å²) in [5.74, 6) is -0.272. The number of hydrogen-bond acceptors (Lipinski definition) is 4. The number of carbonyl (C=O) groups excluding carboxylic acids is 2. The molecule has 0 aromatic heterocycles. The minimum atomic E-state index is -0.415. The molecule has 1 saturated heterocycles. The van der Waals surface area contributed by atoms with Crippen molar-refractivity contribution in [3.63, 3.8) is 0 Å². The maximum atomic E-state index is 11.8. The van der Waals surface area contributed by atoms with E-state index in [1.54, 1.807) is 11.8 Å². The predicted molar refractivity (Wildman–Crippen MR) is 71.4 cm³/mol. The third-order valence-electron chi connectivity index (χ3n) is 3.07. The Hall–Kier alpha value is -1.36. The number of nitrogens with zero attached hydrogens (tertiary/aromatic N) is 1. The van der Waals surface area contributed by atoms with Gasteiger partial charge in [-0.25, -0.2) is 4.79 Å². The second-order valence-corrected chi connectivity index (χ2v) is 4.78. The number of likely N-dealkylation sites (tertiary alicyclic amines) is 1. The van der Waals surface area contributed by atoms with E-state index in [2.05, 4.69) is 6.58 Å². The van der Waals surface area contributed by atoms with Gasteiger partial charge < -0.3 is 14.4 Å². The quantitative estimate of drug-likeness (QED) is 0.419. The first-order chi connectivity index (χ1) is 9.02. The Morgan fingerprint density at radius 3 is 2.79 bits per heavy atom. The Kier molecular flexibility index (Phi) is 6.56. The second kappa shape index (κ2) is 7.94. The Labute approximate surface area is 114 Å². The molecule has 1 aliphatic rings. The van der Waals surface area contributed by atoms with E-state index >= 15 is 0 Å². The molecule has 0 N–H and O–H groups in total. The molecular weight excluding hydrogens is 246 g/mol. The molecule has 0 aromatic carbocycles. The average Bonchev–Trinajstić information content (AvgIpc) is 2.58. The van der Waals surface area contributed by atoms with Gasteiger partial charge in [-0.2, -0.15) is 0 Å². The smallest absolute Gasteiger partial charge is 0.333 e. The van der Waals surface area contributed by atoms with Gasteiger partial charge in [-0.3, -0.25) is 4.79 Å². The van der Waals surface area contributed by atoms with Crippen LogP contribution in [0.4, 0.5) is 0 Å². The summed E-state index contributed by atoms with van der Waals surface area (Å²) < 4.78 is 10.5. The van der Waals surface area contributed by atoms with Crippen molar-refractivity contribution in [2.75, 3.05) is 19.8 Å². The lowest BCUT2D eigenvalue weighted by Crippen LogP contribution is -2.40. The van der Waals surface area contributed by atoms with Gasteiger partial charge in [0.25, 0.3) is 0 Å². The van der Waals surface area contributed by atoms with E-state index in [1.165, 1.54) is 0 Å². The van der Waals surface area contributed by atoms with Gasteiger partial charge in [0.15, 0.2) is 0 Å². The van der Waals surface area contributed by atoms with Crippen molar-refractivity contribution in [2.45, 2.75) is 45.8 Å². The number of ether oxygens (including phenoxy) is 2. The van der Waals surface area contributed by atoms with Gasteiger partial charge in [-0.05, 0) is 26.7 Å². The second-order valence-electron chi connectivity index (χ2n) is 4.78. The van der Waals surface area contributed by atoms with E-state index in [9.17, 15) is 9.59 Å². The first kappa shape index (κ1) is 15.7. The van der Waals surface area contributed by atoms with Gasteiger partial charge in [0, 0.05) is 18.5 Å². The zero-order valence-corrected chi connectivity index (χ0v) is 11.8. The zero-order valence-electron chi connectivity index (χ0n) is 11.8. The largest absolute Gasteiger partial charge is 0.460 e. The Bertz CT molecular complexity index is 340. The third kappa shape index (κ3) is 5.42. The van der Waals surface area contributed by atoms with Crippen LogP contribution in [0.2, 0.25) is 0 Å². The normalized spacial score (nSPS) is 17.8. The molecule has 0 saturated carbocycles. The van der Waals surface area contributed by atoms with Crippen LogP contribution in [0.25, 0.3) is 0 Å². The van der Waals surface area contributed by atoms with Crippen molar-refractivity contribution in [1.82, 2.24) is 4.90 Å². The SMILES string of the molecule is C=C(C)C(=O)OCCOC(C)N1CCCCCC1=O. The standard InChI is InChI=1S/C14H23NO4/c1-11(2)14(17)19-10-9-18-12(3)15-8-6-4-5-7-13(15)16/h12H,1,4-10H2,2-3H3.